The van der Waals surface area contributed by atoms with Crippen molar-refractivity contribution < 1.29 is 22.4 Å². The molecule has 1 amide bonds. The highest BCUT2D eigenvalue weighted by atomic mass is 35.5. The molecule has 2 bridgehead atoms. The number of carbonyl (C=O) groups excluding carboxylic acids is 1. The zero-order chi connectivity index (χ0) is 39.1. The Morgan fingerprint density at radius 3 is 2.36 bits per heavy atom. The number of benzene rings is 4. The topological polar surface area (TPSA) is 97.0 Å². The Kier molecular flexibility index (Phi) is 10.7. The molecule has 2 N–H and O–H groups in total. The molecule has 0 unspecified atom stereocenters. The number of rotatable bonds is 4. The second-order valence-corrected chi connectivity index (χ2v) is 23.3. The number of anilines is 1. The molecule has 8 nitrogen and oxygen atoms in total. The average Bonchev–Trinajstić information content (AvgIpc) is 3.31. The lowest BCUT2D eigenvalue weighted by Crippen LogP contribution is -2.68. The van der Waals surface area contributed by atoms with Crippen LogP contribution in [0.3, 0.4) is 0 Å². The van der Waals surface area contributed by atoms with Crippen molar-refractivity contribution in [1.82, 2.24) is 9.44 Å². The van der Waals surface area contributed by atoms with Crippen molar-refractivity contribution in [3.63, 3.8) is 0 Å². The van der Waals surface area contributed by atoms with Gasteiger partial charge in [0.2, 0.25) is 0 Å². The largest absolute Gasteiger partial charge is 0.490 e. The van der Waals surface area contributed by atoms with Crippen LogP contribution in [0.4, 0.5) is 5.69 Å². The molecule has 4 aromatic carbocycles. The summed E-state index contributed by atoms with van der Waals surface area (Å²) in [5, 5.41) is 2.97. The maximum absolute atomic E-state index is 13.5. The minimum atomic E-state index is -4.11. The lowest BCUT2D eigenvalue weighted by molar-refractivity contribution is 0.0550. The minimum Gasteiger partial charge on any atom is -0.490 e. The maximum Gasteiger partial charge on any atom is 0.301 e. The Morgan fingerprint density at radius 1 is 0.946 bits per heavy atom. The van der Waals surface area contributed by atoms with Crippen LogP contribution in [0.2, 0.25) is 10.1 Å². The van der Waals surface area contributed by atoms with E-state index >= 15 is 0 Å². The predicted molar refractivity (Wildman–Crippen MR) is 227 cm³/mol. The number of aryl methyl sites for hydroxylation is 1. The van der Waals surface area contributed by atoms with Crippen molar-refractivity contribution in [3.05, 3.63) is 131 Å². The van der Waals surface area contributed by atoms with E-state index in [4.69, 9.17) is 20.8 Å². The molecule has 11 heteroatoms. The number of hydrogen-bond donors (Lipinski definition) is 2. The fourth-order valence-corrected chi connectivity index (χ4v) is 15.4. The molecule has 4 atom stereocenters. The zero-order valence-corrected chi connectivity index (χ0v) is 35.0. The zero-order valence-electron chi connectivity index (χ0n) is 32.5. The normalized spacial score (nSPS) is 25.8. The first-order valence-electron chi connectivity index (χ1n) is 20.0. The van der Waals surface area contributed by atoms with Gasteiger partial charge in [-0.2, -0.15) is 13.1 Å². The van der Waals surface area contributed by atoms with E-state index in [1.165, 1.54) is 21.5 Å². The monoisotopic (exact) mass is 809 g/mol. The van der Waals surface area contributed by atoms with Gasteiger partial charge in [-0.15, -0.1) is 0 Å². The second-order valence-electron chi connectivity index (χ2n) is 17.1. The summed E-state index contributed by atoms with van der Waals surface area (Å²) in [4.78, 5) is 15.9. The van der Waals surface area contributed by atoms with Crippen LogP contribution >= 0.6 is 11.6 Å². The predicted octanol–water partition coefficient (Wildman–Crippen LogP) is 7.31. The summed E-state index contributed by atoms with van der Waals surface area (Å²) in [5.74, 6) is 0.519. The molecule has 2 aliphatic carbocycles. The van der Waals surface area contributed by atoms with Gasteiger partial charge in [-0.25, -0.2) is 4.72 Å². The van der Waals surface area contributed by atoms with Crippen molar-refractivity contribution >= 4 is 52.1 Å². The first kappa shape index (κ1) is 38.9. The number of nitrogens with zero attached hydrogens (tertiary/aromatic N) is 1. The molecular formula is C45H52ClN3O5SSi. The third kappa shape index (κ3) is 7.47. The van der Waals surface area contributed by atoms with Gasteiger partial charge >= 0.3 is 10.2 Å². The Bertz CT molecular complexity index is 2170. The first-order chi connectivity index (χ1) is 26.9. The number of amides is 1. The molecule has 294 valence electrons. The molecule has 56 heavy (non-hydrogen) atoms. The van der Waals surface area contributed by atoms with Gasteiger partial charge < -0.3 is 14.1 Å². The van der Waals surface area contributed by atoms with Gasteiger partial charge in [-0.1, -0.05) is 111 Å². The molecule has 4 aliphatic rings. The van der Waals surface area contributed by atoms with Crippen LogP contribution in [0.15, 0.2) is 109 Å². The van der Waals surface area contributed by atoms with Gasteiger partial charge in [-0.3, -0.25) is 4.79 Å². The van der Waals surface area contributed by atoms with Crippen molar-refractivity contribution in [1.29, 1.82) is 0 Å². The first-order valence-corrected chi connectivity index (χ1v) is 23.7. The summed E-state index contributed by atoms with van der Waals surface area (Å²) in [7, 11) is -7.06. The summed E-state index contributed by atoms with van der Waals surface area (Å²) in [6, 6.07) is 33.0. The fraction of sp³-hybridized carbons (Fsp3) is 0.400. The van der Waals surface area contributed by atoms with Gasteiger partial charge in [0, 0.05) is 35.6 Å². The van der Waals surface area contributed by atoms with Crippen LogP contribution in [-0.4, -0.2) is 55.0 Å². The number of hydrogen-bond acceptors (Lipinski definition) is 6. The van der Waals surface area contributed by atoms with Crippen molar-refractivity contribution in [3.8, 4) is 5.75 Å². The standard InChI is InChI=1S/C45H52ClN3O5SSi/c1-44(2,3)56(36-14-6-4-7-15-36,37-16-8-5-9-17-37)54-41-18-10-11-26-47-55(51,52)48-43(50)33-20-24-42-40(28-33)49(29-34-19-22-38(34)41)30-45(31-53-42)25-12-13-32-27-35(46)21-23-39(32)45/h4-10,14-18,20-21,23-24,27-28,34,38,41,47H,11-13,19,22,25-26,29-31H2,1-3H3,(H,48,50)/b18-10+/t34-,38+,41-,45-/m0/s1. The molecule has 1 fully saturated rings. The van der Waals surface area contributed by atoms with Crippen LogP contribution < -0.4 is 29.5 Å². The number of halogens is 1. The molecule has 0 aromatic heterocycles. The molecule has 0 radical (unpaired) electrons. The highest BCUT2D eigenvalue weighted by Gasteiger charge is 2.53. The second kappa shape index (κ2) is 15.4. The number of fused-ring (bicyclic) bond motifs is 4. The molecule has 8 rings (SSSR count). The van der Waals surface area contributed by atoms with E-state index in [2.05, 4.69) is 114 Å². The summed E-state index contributed by atoms with van der Waals surface area (Å²) >= 11 is 6.52. The van der Waals surface area contributed by atoms with Gasteiger partial charge in [0.15, 0.2) is 0 Å². The van der Waals surface area contributed by atoms with Crippen LogP contribution in [0.5, 0.6) is 5.75 Å². The highest BCUT2D eigenvalue weighted by molar-refractivity contribution is 7.88. The summed E-state index contributed by atoms with van der Waals surface area (Å²) in [6.07, 6.45) is 9.47. The summed E-state index contributed by atoms with van der Waals surface area (Å²) in [6.45, 7) is 8.98. The quantitative estimate of drug-likeness (QED) is 0.166. The van der Waals surface area contributed by atoms with Gasteiger partial charge in [-0.05, 0) is 107 Å². The van der Waals surface area contributed by atoms with E-state index in [1.807, 2.05) is 18.2 Å². The number of nitrogens with one attached hydrogen (secondary N) is 2. The number of carbonyl (C=O) groups is 1. The minimum absolute atomic E-state index is 0.139. The molecule has 0 saturated heterocycles. The Balaban J connectivity index is 1.23. The average molecular weight is 811 g/mol. The molecule has 1 saturated carbocycles. The van der Waals surface area contributed by atoms with Crippen molar-refractivity contribution in [2.24, 2.45) is 11.8 Å². The fourth-order valence-electron chi connectivity index (χ4n) is 9.68. The van der Waals surface area contributed by atoms with Crippen LogP contribution in [0.1, 0.15) is 74.4 Å². The van der Waals surface area contributed by atoms with E-state index in [9.17, 15) is 13.2 Å². The Morgan fingerprint density at radius 2 is 1.68 bits per heavy atom. The van der Waals surface area contributed by atoms with Gasteiger partial charge in [0.1, 0.15) is 5.75 Å². The maximum atomic E-state index is 13.5. The molecule has 4 aromatic rings. The van der Waals surface area contributed by atoms with E-state index in [0.717, 1.165) is 49.4 Å². The smallest absolute Gasteiger partial charge is 0.301 e. The van der Waals surface area contributed by atoms with Crippen molar-refractivity contribution in [2.45, 2.75) is 75.9 Å². The number of ether oxygens (including phenoxy) is 1. The summed E-state index contributed by atoms with van der Waals surface area (Å²) in [5.41, 5.74) is 3.30. The van der Waals surface area contributed by atoms with E-state index in [-0.39, 0.29) is 34.6 Å². The molecule has 2 heterocycles. The Hall–Kier alpha value is -3.93. The van der Waals surface area contributed by atoms with E-state index in [1.54, 1.807) is 12.1 Å². The lowest BCUT2D eigenvalue weighted by Gasteiger charge is -2.50. The highest BCUT2D eigenvalue weighted by Crippen LogP contribution is 2.48. The van der Waals surface area contributed by atoms with Crippen molar-refractivity contribution in [2.75, 3.05) is 31.1 Å². The Labute approximate surface area is 338 Å². The van der Waals surface area contributed by atoms with E-state index < -0.39 is 24.4 Å². The van der Waals surface area contributed by atoms with Crippen LogP contribution in [-0.2, 0) is 26.5 Å². The van der Waals surface area contributed by atoms with Gasteiger partial charge in [0.05, 0.1) is 18.4 Å². The molecular weight excluding hydrogens is 758 g/mol. The van der Waals surface area contributed by atoms with Crippen LogP contribution in [0, 0.1) is 11.8 Å². The lowest BCUT2D eigenvalue weighted by atomic mass is 9.68. The molecule has 1 spiro atoms. The van der Waals surface area contributed by atoms with Crippen LogP contribution in [0.25, 0.3) is 0 Å². The SMILES string of the molecule is CC(C)(C)[Si](O[C@H]1/C=C/CCNS(=O)(=O)NC(=O)c2ccc3c(c2)N(C[C@@H]2CC[C@H]21)C[C@@]1(CCCc2cc(Cl)ccc21)CO3)(c1ccccc1)c1ccccc1. The summed E-state index contributed by atoms with van der Waals surface area (Å²) < 4.78 is 45.6. The van der Waals surface area contributed by atoms with Gasteiger partial charge in [0.25, 0.3) is 14.2 Å². The van der Waals surface area contributed by atoms with E-state index in [0.29, 0.717) is 31.2 Å². The third-order valence-corrected chi connectivity index (χ3v) is 18.8. The third-order valence-electron chi connectivity index (χ3n) is 12.5. The molecule has 2 aliphatic heterocycles.